The third-order valence-electron chi connectivity index (χ3n) is 8.47. The first kappa shape index (κ1) is 34.0. The number of aromatic nitrogens is 3. The zero-order valence-corrected chi connectivity index (χ0v) is 29.2. The Balaban J connectivity index is 1.55. The van der Waals surface area contributed by atoms with Gasteiger partial charge in [0.25, 0.3) is 15.7 Å². The average molecular weight is 705 g/mol. The van der Waals surface area contributed by atoms with E-state index in [1.165, 1.54) is 48.3 Å². The van der Waals surface area contributed by atoms with Crippen LogP contribution in [0.3, 0.4) is 0 Å². The molecule has 2 aromatic heterocycles. The van der Waals surface area contributed by atoms with Crippen LogP contribution in [0.5, 0.6) is 5.75 Å². The molecule has 15 heteroatoms. The number of nitriles is 1. The van der Waals surface area contributed by atoms with E-state index >= 15 is 0 Å². The molecule has 1 unspecified atom stereocenters. The monoisotopic (exact) mass is 704 g/mol. The van der Waals surface area contributed by atoms with Crippen molar-refractivity contribution in [3.05, 3.63) is 94.0 Å². The number of nitrogens with zero attached hydrogens (tertiary/aromatic N) is 6. The van der Waals surface area contributed by atoms with Crippen molar-refractivity contribution in [1.82, 2.24) is 14.8 Å². The van der Waals surface area contributed by atoms with Gasteiger partial charge < -0.3 is 13.9 Å². The molecule has 1 atom stereocenters. The molecular weight excluding hydrogens is 669 g/mol. The minimum Gasteiger partial charge on any atom is -0.495 e. The Morgan fingerprint density at radius 3 is 2.65 bits per heavy atom. The van der Waals surface area contributed by atoms with Gasteiger partial charge in [0.2, 0.25) is 0 Å². The van der Waals surface area contributed by atoms with Crippen LogP contribution >= 0.6 is 10.0 Å². The average Bonchev–Trinajstić information content (AvgIpc) is 3.74. The zero-order valence-electron chi connectivity index (χ0n) is 27.5. The molecule has 0 spiro atoms. The van der Waals surface area contributed by atoms with Crippen molar-refractivity contribution >= 4 is 42.3 Å². The van der Waals surface area contributed by atoms with Crippen LogP contribution in [0, 0.1) is 21.4 Å². The van der Waals surface area contributed by atoms with Gasteiger partial charge >= 0.3 is 0 Å². The van der Waals surface area contributed by atoms with Crippen LogP contribution in [-0.4, -0.2) is 66.3 Å². The van der Waals surface area contributed by atoms with E-state index in [-0.39, 0.29) is 12.4 Å². The number of rotatable bonds is 12. The SMILES string of the molecule is COc1c(C#N)ccc2c1CCCC2N(c1ccc2c(c1)c(-c1cnco1)nn2COCCS(C)(C)C)S(=O)(=O)c1ccccc1[N+](=O)[O-]. The minimum atomic E-state index is -4.57. The first-order valence-corrected chi connectivity index (χ1v) is 19.9. The van der Waals surface area contributed by atoms with Gasteiger partial charge in [-0.25, -0.2) is 28.1 Å². The summed E-state index contributed by atoms with van der Waals surface area (Å²) in [6.45, 7) is 0.713. The van der Waals surface area contributed by atoms with Crippen LogP contribution in [0.15, 0.2) is 76.5 Å². The molecule has 5 aromatic rings. The molecule has 0 fully saturated rings. The third kappa shape index (κ3) is 6.59. The van der Waals surface area contributed by atoms with Crippen molar-refractivity contribution in [1.29, 1.82) is 5.26 Å². The van der Waals surface area contributed by atoms with E-state index in [4.69, 9.17) is 19.0 Å². The predicted molar refractivity (Wildman–Crippen MR) is 188 cm³/mol. The largest absolute Gasteiger partial charge is 0.495 e. The summed E-state index contributed by atoms with van der Waals surface area (Å²) in [7, 11) is -3.85. The van der Waals surface area contributed by atoms with Crippen molar-refractivity contribution in [3.63, 3.8) is 0 Å². The lowest BCUT2D eigenvalue weighted by molar-refractivity contribution is -0.387. The van der Waals surface area contributed by atoms with Crippen LogP contribution < -0.4 is 9.04 Å². The standard InChI is InChI=1S/C34H36N6O7S2/c1-45-34-23(19-35)12-14-25-26(34)8-7-10-29(25)39(49(43,44)32-11-6-5-9-30(32)40(41)42)24-13-15-28-27(18-24)33(31-20-36-21-47-31)37-38(28)22-46-16-17-48(2,3)4/h5-6,9,11-15,18,20-21,29H,7-8,10,16-17,22H2,1-4H3. The number of ether oxygens (including phenoxy) is 2. The van der Waals surface area contributed by atoms with Crippen LogP contribution in [0.2, 0.25) is 0 Å². The van der Waals surface area contributed by atoms with Gasteiger partial charge in [0.15, 0.2) is 17.0 Å². The van der Waals surface area contributed by atoms with Crippen molar-refractivity contribution < 1.29 is 27.2 Å². The van der Waals surface area contributed by atoms with Crippen molar-refractivity contribution in [2.75, 3.05) is 42.5 Å². The summed E-state index contributed by atoms with van der Waals surface area (Å²) in [5.74, 6) is 1.70. The maximum atomic E-state index is 14.8. The number of sulfonamides is 1. The first-order chi connectivity index (χ1) is 23.4. The van der Waals surface area contributed by atoms with E-state index in [0.29, 0.717) is 65.1 Å². The molecule has 1 aliphatic rings. The van der Waals surface area contributed by atoms with E-state index < -0.39 is 41.6 Å². The summed E-state index contributed by atoms with van der Waals surface area (Å²) in [4.78, 5) is 15.0. The summed E-state index contributed by atoms with van der Waals surface area (Å²) in [5.41, 5.74) is 2.57. The molecule has 0 saturated heterocycles. The van der Waals surface area contributed by atoms with Gasteiger partial charge in [-0.05, 0) is 73.9 Å². The number of nitro groups is 1. The van der Waals surface area contributed by atoms with Crippen molar-refractivity contribution in [2.24, 2.45) is 0 Å². The molecule has 3 aromatic carbocycles. The molecule has 0 aliphatic heterocycles. The first-order valence-electron chi connectivity index (χ1n) is 15.5. The van der Waals surface area contributed by atoms with Crippen LogP contribution in [0.4, 0.5) is 11.4 Å². The highest BCUT2D eigenvalue weighted by Crippen LogP contribution is 2.46. The highest BCUT2D eigenvalue weighted by Gasteiger charge is 2.40. The van der Waals surface area contributed by atoms with Crippen LogP contribution in [0.1, 0.15) is 35.6 Å². The molecule has 0 bridgehead atoms. The number of hydrogen-bond acceptors (Lipinski definition) is 10. The number of benzene rings is 3. The Morgan fingerprint density at radius 1 is 1.16 bits per heavy atom. The molecule has 256 valence electrons. The van der Waals surface area contributed by atoms with Gasteiger partial charge in [0, 0.05) is 22.8 Å². The Bertz CT molecular complexity index is 2170. The van der Waals surface area contributed by atoms with Gasteiger partial charge in [-0.2, -0.15) is 10.4 Å². The summed E-state index contributed by atoms with van der Waals surface area (Å²) in [5, 5.41) is 27.2. The molecule has 13 nitrogen and oxygen atoms in total. The Labute approximate surface area is 285 Å². The smallest absolute Gasteiger partial charge is 0.289 e. The van der Waals surface area contributed by atoms with E-state index in [2.05, 4.69) is 29.8 Å². The molecular formula is C34H36N6O7S2. The maximum Gasteiger partial charge on any atom is 0.289 e. The molecule has 0 amide bonds. The molecule has 49 heavy (non-hydrogen) atoms. The molecule has 2 heterocycles. The summed E-state index contributed by atoms with van der Waals surface area (Å²) in [6.07, 6.45) is 11.0. The number of anilines is 1. The number of methoxy groups -OCH3 is 1. The second kappa shape index (κ2) is 13.5. The van der Waals surface area contributed by atoms with Gasteiger partial charge in [-0.15, -0.1) is 0 Å². The molecule has 0 saturated carbocycles. The number of oxazole rings is 1. The normalized spacial score (nSPS) is 15.0. The van der Waals surface area contributed by atoms with Gasteiger partial charge in [0.1, 0.15) is 24.2 Å². The highest BCUT2D eigenvalue weighted by atomic mass is 32.3. The van der Waals surface area contributed by atoms with E-state index in [9.17, 15) is 23.8 Å². The number of para-hydroxylation sites is 1. The molecule has 0 radical (unpaired) electrons. The number of fused-ring (bicyclic) bond motifs is 2. The topological polar surface area (TPSA) is 167 Å². The molecule has 1 aliphatic carbocycles. The fourth-order valence-electron chi connectivity index (χ4n) is 6.20. The predicted octanol–water partition coefficient (Wildman–Crippen LogP) is 6.42. The van der Waals surface area contributed by atoms with Crippen LogP contribution in [0.25, 0.3) is 22.4 Å². The number of nitro benzene ring substituents is 1. The zero-order chi connectivity index (χ0) is 34.9. The third-order valence-corrected chi connectivity index (χ3v) is 11.8. The molecule has 0 N–H and O–H groups in total. The minimum absolute atomic E-state index is 0.161. The Hall–Kier alpha value is -4.91. The summed E-state index contributed by atoms with van der Waals surface area (Å²) < 4.78 is 49.9. The van der Waals surface area contributed by atoms with Crippen LogP contribution in [-0.2, 0) is 27.9 Å². The highest BCUT2D eigenvalue weighted by molar-refractivity contribution is 8.32. The lowest BCUT2D eigenvalue weighted by atomic mass is 9.85. The quantitative estimate of drug-likeness (QED) is 0.0803. The second-order valence-corrected chi connectivity index (χ2v) is 18.9. The molecule has 6 rings (SSSR count). The fraction of sp³-hybridized carbons (Fsp3) is 0.324. The van der Waals surface area contributed by atoms with Crippen molar-refractivity contribution in [3.8, 4) is 23.3 Å². The maximum absolute atomic E-state index is 14.8. The van der Waals surface area contributed by atoms with E-state index in [1.54, 1.807) is 35.0 Å². The Morgan fingerprint density at radius 2 is 1.96 bits per heavy atom. The van der Waals surface area contributed by atoms with Gasteiger partial charge in [-0.1, -0.05) is 18.2 Å². The lowest BCUT2D eigenvalue weighted by Crippen LogP contribution is -2.37. The summed E-state index contributed by atoms with van der Waals surface area (Å²) >= 11 is 0. The van der Waals surface area contributed by atoms with E-state index in [1.807, 2.05) is 0 Å². The number of hydrogen-bond donors (Lipinski definition) is 0. The van der Waals surface area contributed by atoms with E-state index in [0.717, 1.165) is 11.3 Å². The summed E-state index contributed by atoms with van der Waals surface area (Å²) in [6, 6.07) is 15.2. The van der Waals surface area contributed by atoms with Gasteiger partial charge in [0.05, 0.1) is 47.6 Å². The second-order valence-electron chi connectivity index (χ2n) is 12.5. The van der Waals surface area contributed by atoms with Gasteiger partial charge in [-0.3, -0.25) is 14.4 Å². The lowest BCUT2D eigenvalue weighted by Gasteiger charge is -2.37. The Kier molecular flexibility index (Phi) is 9.39. The fourth-order valence-corrected chi connectivity index (χ4v) is 8.63. The van der Waals surface area contributed by atoms with Crippen molar-refractivity contribution in [2.45, 2.75) is 36.9 Å².